The molecule has 1 aromatic heterocycles. The molecule has 2 aromatic carbocycles. The quantitative estimate of drug-likeness (QED) is 0.769. The number of carbonyl (C=O) groups is 1. The minimum Gasteiger partial charge on any atom is -0.319 e. The topological polar surface area (TPSA) is 42.0 Å². The average Bonchev–Trinajstić information content (AvgIpc) is 2.49. The fourth-order valence-corrected chi connectivity index (χ4v) is 2.04. The summed E-state index contributed by atoms with van der Waals surface area (Å²) < 4.78 is 13.5. The third-order valence-electron chi connectivity index (χ3n) is 3.00. The lowest BCUT2D eigenvalue weighted by molar-refractivity contribution is 0.102. The lowest BCUT2D eigenvalue weighted by Gasteiger charge is -2.08. The predicted octanol–water partition coefficient (Wildman–Crippen LogP) is 3.63. The molecule has 0 spiro atoms. The number of anilines is 1. The molecular weight excluding hydrogens is 255 g/mol. The van der Waals surface area contributed by atoms with Crippen LogP contribution in [-0.4, -0.2) is 10.9 Å². The highest BCUT2D eigenvalue weighted by Gasteiger charge is 2.12. The van der Waals surface area contributed by atoms with Crippen molar-refractivity contribution in [2.75, 3.05) is 5.32 Å². The molecule has 1 amide bonds. The third-order valence-corrected chi connectivity index (χ3v) is 3.00. The van der Waals surface area contributed by atoms with E-state index in [-0.39, 0.29) is 11.6 Å². The van der Waals surface area contributed by atoms with Crippen LogP contribution in [0.4, 0.5) is 10.1 Å². The molecule has 4 heteroatoms. The van der Waals surface area contributed by atoms with Gasteiger partial charge in [-0.05, 0) is 24.3 Å². The maximum atomic E-state index is 13.5. The Morgan fingerprint density at radius 3 is 2.65 bits per heavy atom. The second-order valence-corrected chi connectivity index (χ2v) is 4.31. The molecule has 0 saturated carbocycles. The van der Waals surface area contributed by atoms with Crippen LogP contribution in [0.15, 0.2) is 60.8 Å². The van der Waals surface area contributed by atoms with Gasteiger partial charge >= 0.3 is 0 Å². The molecular formula is C16H11FN2O. The average molecular weight is 266 g/mol. The number of amides is 1. The minimum absolute atomic E-state index is 0.158. The number of aromatic nitrogens is 1. The first-order valence-electron chi connectivity index (χ1n) is 6.15. The fourth-order valence-electron chi connectivity index (χ4n) is 2.04. The largest absolute Gasteiger partial charge is 0.319 e. The Bertz CT molecular complexity index is 781. The van der Waals surface area contributed by atoms with Crippen molar-refractivity contribution in [2.24, 2.45) is 0 Å². The van der Waals surface area contributed by atoms with Crippen LogP contribution in [0, 0.1) is 5.82 Å². The smallest absolute Gasteiger partial charge is 0.257 e. The van der Waals surface area contributed by atoms with E-state index < -0.39 is 5.82 Å². The summed E-state index contributed by atoms with van der Waals surface area (Å²) in [4.78, 5) is 16.5. The summed E-state index contributed by atoms with van der Waals surface area (Å²) in [5, 5.41) is 3.43. The molecule has 0 fully saturated rings. The van der Waals surface area contributed by atoms with Crippen molar-refractivity contribution >= 4 is 22.5 Å². The van der Waals surface area contributed by atoms with Crippen molar-refractivity contribution in [1.29, 1.82) is 0 Å². The van der Waals surface area contributed by atoms with Crippen LogP contribution >= 0.6 is 0 Å². The summed E-state index contributed by atoms with van der Waals surface area (Å²) in [6, 6.07) is 15.1. The molecule has 20 heavy (non-hydrogen) atoms. The Hall–Kier alpha value is -2.75. The second-order valence-electron chi connectivity index (χ2n) is 4.31. The number of hydrogen-bond donors (Lipinski definition) is 1. The molecule has 1 heterocycles. The molecule has 3 rings (SSSR count). The lowest BCUT2D eigenvalue weighted by atomic mass is 10.1. The Kier molecular flexibility index (Phi) is 3.13. The van der Waals surface area contributed by atoms with E-state index in [9.17, 15) is 9.18 Å². The number of halogens is 1. The molecule has 0 bridgehead atoms. The highest BCUT2D eigenvalue weighted by molar-refractivity contribution is 6.11. The first-order chi connectivity index (χ1) is 9.75. The van der Waals surface area contributed by atoms with Gasteiger partial charge in [-0.2, -0.15) is 0 Å². The highest BCUT2D eigenvalue weighted by atomic mass is 19.1. The van der Waals surface area contributed by atoms with Gasteiger partial charge in [-0.3, -0.25) is 9.78 Å². The van der Waals surface area contributed by atoms with Gasteiger partial charge in [0.25, 0.3) is 5.91 Å². The summed E-state index contributed by atoms with van der Waals surface area (Å²) >= 11 is 0. The number of pyridine rings is 1. The van der Waals surface area contributed by atoms with Crippen molar-refractivity contribution in [1.82, 2.24) is 4.98 Å². The van der Waals surface area contributed by atoms with E-state index in [0.717, 1.165) is 5.39 Å². The maximum absolute atomic E-state index is 13.5. The molecule has 0 aliphatic heterocycles. The molecule has 0 unspecified atom stereocenters. The summed E-state index contributed by atoms with van der Waals surface area (Å²) in [7, 11) is 0. The van der Waals surface area contributed by atoms with Crippen LogP contribution in [0.1, 0.15) is 10.4 Å². The number of benzene rings is 2. The lowest BCUT2D eigenvalue weighted by Crippen LogP contribution is -2.13. The monoisotopic (exact) mass is 266 g/mol. The zero-order chi connectivity index (χ0) is 13.9. The van der Waals surface area contributed by atoms with Crippen LogP contribution in [-0.2, 0) is 0 Å². The van der Waals surface area contributed by atoms with E-state index in [1.807, 2.05) is 12.1 Å². The van der Waals surface area contributed by atoms with Crippen LogP contribution in [0.3, 0.4) is 0 Å². The van der Waals surface area contributed by atoms with Crippen molar-refractivity contribution in [3.05, 3.63) is 72.2 Å². The van der Waals surface area contributed by atoms with E-state index in [0.29, 0.717) is 11.1 Å². The molecule has 0 aliphatic carbocycles. The zero-order valence-electron chi connectivity index (χ0n) is 10.5. The number of hydrogen-bond acceptors (Lipinski definition) is 2. The van der Waals surface area contributed by atoms with Crippen molar-refractivity contribution in [2.45, 2.75) is 0 Å². The summed E-state index contributed by atoms with van der Waals surface area (Å²) in [5.74, 6) is -0.839. The molecule has 3 nitrogen and oxygen atoms in total. The molecule has 0 aliphatic rings. The fraction of sp³-hybridized carbons (Fsp3) is 0. The van der Waals surface area contributed by atoms with E-state index in [1.54, 1.807) is 36.5 Å². The van der Waals surface area contributed by atoms with Crippen LogP contribution in [0.2, 0.25) is 0 Å². The van der Waals surface area contributed by atoms with Gasteiger partial charge in [0.15, 0.2) is 0 Å². The number of nitrogens with one attached hydrogen (secondary N) is 1. The van der Waals surface area contributed by atoms with E-state index in [2.05, 4.69) is 10.3 Å². The first-order valence-corrected chi connectivity index (χ1v) is 6.15. The highest BCUT2D eigenvalue weighted by Crippen LogP contribution is 2.19. The van der Waals surface area contributed by atoms with Crippen molar-refractivity contribution in [3.63, 3.8) is 0 Å². The normalized spacial score (nSPS) is 10.4. The zero-order valence-corrected chi connectivity index (χ0v) is 10.5. The van der Waals surface area contributed by atoms with Gasteiger partial charge in [-0.1, -0.05) is 30.3 Å². The number of carbonyl (C=O) groups excluding carboxylic acids is 1. The minimum atomic E-state index is -0.464. The van der Waals surface area contributed by atoms with Crippen LogP contribution in [0.5, 0.6) is 0 Å². The molecule has 1 N–H and O–H groups in total. The molecule has 0 atom stereocenters. The number of nitrogens with zero attached hydrogens (tertiary/aromatic N) is 1. The van der Waals surface area contributed by atoms with Crippen molar-refractivity contribution in [3.8, 4) is 0 Å². The second kappa shape index (κ2) is 5.09. The summed E-state index contributed by atoms with van der Waals surface area (Å²) in [6.07, 6.45) is 1.63. The standard InChI is InChI=1S/C16H11FN2O/c17-13-8-1-2-9-14(13)19-16(20)12-7-3-5-11-6-4-10-18-15(11)12/h1-10H,(H,19,20). The van der Waals surface area contributed by atoms with Gasteiger partial charge < -0.3 is 5.32 Å². The molecule has 0 saturated heterocycles. The summed E-state index contributed by atoms with van der Waals surface area (Å²) in [5.41, 5.74) is 1.18. The first kappa shape index (κ1) is 12.3. The predicted molar refractivity (Wildman–Crippen MR) is 76.1 cm³/mol. The number of fused-ring (bicyclic) bond motifs is 1. The number of rotatable bonds is 2. The molecule has 98 valence electrons. The van der Waals surface area contributed by atoms with Crippen molar-refractivity contribution < 1.29 is 9.18 Å². The molecule has 3 aromatic rings. The van der Waals surface area contributed by atoms with Gasteiger partial charge in [0, 0.05) is 11.6 Å². The van der Waals surface area contributed by atoms with E-state index >= 15 is 0 Å². The van der Waals surface area contributed by atoms with E-state index in [1.165, 1.54) is 12.1 Å². The third kappa shape index (κ3) is 2.23. The van der Waals surface area contributed by atoms with Crippen LogP contribution in [0.25, 0.3) is 10.9 Å². The van der Waals surface area contributed by atoms with Gasteiger partial charge in [0.05, 0.1) is 16.8 Å². The Labute approximate surface area is 115 Å². The number of para-hydroxylation sites is 2. The van der Waals surface area contributed by atoms with Gasteiger partial charge in [-0.25, -0.2) is 4.39 Å². The van der Waals surface area contributed by atoms with Gasteiger partial charge in [0.2, 0.25) is 0 Å². The van der Waals surface area contributed by atoms with Crippen LogP contribution < -0.4 is 5.32 Å². The summed E-state index contributed by atoms with van der Waals surface area (Å²) in [6.45, 7) is 0. The Morgan fingerprint density at radius 1 is 1.00 bits per heavy atom. The maximum Gasteiger partial charge on any atom is 0.257 e. The Balaban J connectivity index is 1.99. The SMILES string of the molecule is O=C(Nc1ccccc1F)c1cccc2cccnc12. The molecule has 0 radical (unpaired) electrons. The van der Waals surface area contributed by atoms with Gasteiger partial charge in [-0.15, -0.1) is 0 Å². The Morgan fingerprint density at radius 2 is 1.80 bits per heavy atom. The van der Waals surface area contributed by atoms with Gasteiger partial charge in [0.1, 0.15) is 5.82 Å². The van der Waals surface area contributed by atoms with E-state index in [4.69, 9.17) is 0 Å².